The van der Waals surface area contributed by atoms with E-state index in [0.29, 0.717) is 44.7 Å². The van der Waals surface area contributed by atoms with Crippen molar-refractivity contribution in [2.24, 2.45) is 5.92 Å². The zero-order valence-electron chi connectivity index (χ0n) is 18.3. The summed E-state index contributed by atoms with van der Waals surface area (Å²) < 4.78 is 14.8. The second-order valence-corrected chi connectivity index (χ2v) is 8.11. The molecule has 1 aliphatic heterocycles. The van der Waals surface area contributed by atoms with Gasteiger partial charge in [0.25, 0.3) is 0 Å². The first-order valence-corrected chi connectivity index (χ1v) is 11.0. The Morgan fingerprint density at radius 3 is 2.52 bits per heavy atom. The minimum absolute atomic E-state index is 0.0593. The van der Waals surface area contributed by atoms with E-state index in [1.54, 1.807) is 24.0 Å². The number of nitrogens with zero attached hydrogens (tertiary/aromatic N) is 5. The van der Waals surface area contributed by atoms with E-state index in [-0.39, 0.29) is 23.5 Å². The number of nitrogens with one attached hydrogen (secondary N) is 1. The molecule has 0 saturated carbocycles. The average molecular weight is 431 g/mol. The lowest BCUT2D eigenvalue weighted by Gasteiger charge is -2.33. The molecule has 1 aromatic carbocycles. The summed E-state index contributed by atoms with van der Waals surface area (Å²) in [5.41, 5.74) is 0.830. The number of aryl methyl sites for hydroxylation is 1. The molecule has 1 N–H and O–H groups in total. The number of unbranched alkanes of at least 4 members (excludes halogenated alkanes) is 2. The summed E-state index contributed by atoms with van der Waals surface area (Å²) in [5, 5.41) is 14.6. The number of hydrogen-bond donors (Lipinski definition) is 1. The number of halogens is 1. The van der Waals surface area contributed by atoms with Crippen LogP contribution in [-0.2, 0) is 16.0 Å². The summed E-state index contributed by atoms with van der Waals surface area (Å²) in [4.78, 5) is 27.6. The van der Waals surface area contributed by atoms with Crippen molar-refractivity contribution >= 4 is 11.8 Å². The molecule has 31 heavy (non-hydrogen) atoms. The Morgan fingerprint density at radius 2 is 1.90 bits per heavy atom. The van der Waals surface area contributed by atoms with E-state index in [1.165, 1.54) is 16.8 Å². The number of benzene rings is 1. The molecule has 3 rings (SSSR count). The van der Waals surface area contributed by atoms with Crippen LogP contribution in [0.1, 0.15) is 56.5 Å². The van der Waals surface area contributed by atoms with Crippen LogP contribution in [0.2, 0.25) is 0 Å². The van der Waals surface area contributed by atoms with Crippen LogP contribution in [0.5, 0.6) is 0 Å². The summed E-state index contributed by atoms with van der Waals surface area (Å²) in [7, 11) is 0. The van der Waals surface area contributed by atoms with Crippen LogP contribution in [-0.4, -0.2) is 56.6 Å². The van der Waals surface area contributed by atoms with Crippen molar-refractivity contribution in [2.45, 2.75) is 58.4 Å². The zero-order chi connectivity index (χ0) is 22.2. The molecule has 1 aromatic heterocycles. The van der Waals surface area contributed by atoms with E-state index in [9.17, 15) is 14.0 Å². The maximum absolute atomic E-state index is 13.4. The van der Waals surface area contributed by atoms with Gasteiger partial charge in [-0.05, 0) is 54.3 Å². The maximum Gasteiger partial charge on any atom is 0.247 e. The molecule has 0 unspecified atom stereocenters. The quantitative estimate of drug-likeness (QED) is 0.617. The van der Waals surface area contributed by atoms with Crippen molar-refractivity contribution < 1.29 is 14.0 Å². The second kappa shape index (κ2) is 11.0. The lowest BCUT2D eigenvalue weighted by molar-refractivity contribution is -0.138. The minimum atomic E-state index is -0.611. The monoisotopic (exact) mass is 430 g/mol. The fourth-order valence-corrected chi connectivity index (χ4v) is 3.95. The lowest BCUT2D eigenvalue weighted by atomic mass is 9.94. The van der Waals surface area contributed by atoms with Crippen LogP contribution in [0.15, 0.2) is 24.3 Å². The second-order valence-electron chi connectivity index (χ2n) is 8.11. The third-order valence-corrected chi connectivity index (χ3v) is 5.84. The van der Waals surface area contributed by atoms with E-state index in [0.717, 1.165) is 24.8 Å². The SMILES string of the molecule is CCCCCNC(=O)C1CCN(C(=O)[C@H](Cc2ccc(F)cc2)n2nnnc2C)CC1. The van der Waals surface area contributed by atoms with Crippen LogP contribution in [0.4, 0.5) is 4.39 Å². The summed E-state index contributed by atoms with van der Waals surface area (Å²) in [6.07, 6.45) is 4.88. The van der Waals surface area contributed by atoms with Gasteiger partial charge in [-0.25, -0.2) is 9.07 Å². The zero-order valence-corrected chi connectivity index (χ0v) is 18.3. The Kier molecular flexibility index (Phi) is 8.08. The number of tetrazole rings is 1. The van der Waals surface area contributed by atoms with Crippen molar-refractivity contribution in [1.82, 2.24) is 30.4 Å². The molecule has 0 aliphatic carbocycles. The molecule has 0 bridgehead atoms. The normalized spacial score (nSPS) is 15.6. The highest BCUT2D eigenvalue weighted by Crippen LogP contribution is 2.23. The van der Waals surface area contributed by atoms with E-state index in [4.69, 9.17) is 0 Å². The summed E-state index contributed by atoms with van der Waals surface area (Å²) in [5.74, 6) is 0.169. The summed E-state index contributed by atoms with van der Waals surface area (Å²) in [6.45, 7) is 5.64. The number of rotatable bonds is 9. The van der Waals surface area contributed by atoms with E-state index < -0.39 is 6.04 Å². The van der Waals surface area contributed by atoms with Crippen molar-refractivity contribution in [3.8, 4) is 0 Å². The van der Waals surface area contributed by atoms with Gasteiger partial charge >= 0.3 is 0 Å². The molecule has 0 radical (unpaired) electrons. The average Bonchev–Trinajstić information content (AvgIpc) is 3.21. The Hall–Kier alpha value is -2.84. The predicted octanol–water partition coefficient (Wildman–Crippen LogP) is 2.45. The smallest absolute Gasteiger partial charge is 0.247 e. The van der Waals surface area contributed by atoms with Gasteiger partial charge in [-0.2, -0.15) is 0 Å². The van der Waals surface area contributed by atoms with Crippen LogP contribution in [0.3, 0.4) is 0 Å². The number of carbonyl (C=O) groups is 2. The van der Waals surface area contributed by atoms with Gasteiger partial charge in [-0.1, -0.05) is 31.9 Å². The van der Waals surface area contributed by atoms with E-state index in [2.05, 4.69) is 27.8 Å². The molecule has 1 fully saturated rings. The number of piperidine rings is 1. The minimum Gasteiger partial charge on any atom is -0.356 e. The molecule has 168 valence electrons. The summed E-state index contributed by atoms with van der Waals surface area (Å²) >= 11 is 0. The first kappa shape index (κ1) is 22.8. The molecule has 1 atom stereocenters. The molecule has 1 saturated heterocycles. The molecule has 0 spiro atoms. The van der Waals surface area contributed by atoms with Crippen molar-refractivity contribution in [2.75, 3.05) is 19.6 Å². The maximum atomic E-state index is 13.4. The highest BCUT2D eigenvalue weighted by Gasteiger charge is 2.33. The Balaban J connectivity index is 1.62. The van der Waals surface area contributed by atoms with E-state index in [1.807, 2.05) is 0 Å². The third kappa shape index (κ3) is 6.08. The topological polar surface area (TPSA) is 93.0 Å². The summed E-state index contributed by atoms with van der Waals surface area (Å²) in [6, 6.07) is 5.50. The highest BCUT2D eigenvalue weighted by atomic mass is 19.1. The van der Waals surface area contributed by atoms with Gasteiger partial charge < -0.3 is 10.2 Å². The number of amides is 2. The van der Waals surface area contributed by atoms with Gasteiger partial charge in [0, 0.05) is 32.0 Å². The van der Waals surface area contributed by atoms with Crippen LogP contribution >= 0.6 is 0 Å². The van der Waals surface area contributed by atoms with Crippen molar-refractivity contribution in [3.63, 3.8) is 0 Å². The van der Waals surface area contributed by atoms with Crippen molar-refractivity contribution in [3.05, 3.63) is 41.5 Å². The molecular weight excluding hydrogens is 399 g/mol. The standard InChI is InChI=1S/C22H31FN6O2/c1-3-4-5-12-24-21(30)18-10-13-28(14-11-18)22(31)20(29-16(2)25-26-27-29)15-17-6-8-19(23)9-7-17/h6-9,18,20H,3-5,10-15H2,1-2H3,(H,24,30)/t20-/m0/s1. The number of aromatic nitrogens is 4. The van der Waals surface area contributed by atoms with Crippen molar-refractivity contribution in [1.29, 1.82) is 0 Å². The number of likely N-dealkylation sites (tertiary alicyclic amines) is 1. The molecule has 2 aromatic rings. The first-order chi connectivity index (χ1) is 15.0. The van der Waals surface area contributed by atoms with Crippen LogP contribution in [0, 0.1) is 18.7 Å². The fourth-order valence-electron chi connectivity index (χ4n) is 3.95. The Labute approximate surface area is 182 Å². The van der Waals surface area contributed by atoms with Crippen LogP contribution in [0.25, 0.3) is 0 Å². The highest BCUT2D eigenvalue weighted by molar-refractivity contribution is 5.82. The largest absolute Gasteiger partial charge is 0.356 e. The molecule has 2 heterocycles. The first-order valence-electron chi connectivity index (χ1n) is 11.0. The number of hydrogen-bond acceptors (Lipinski definition) is 5. The van der Waals surface area contributed by atoms with Gasteiger partial charge in [-0.15, -0.1) is 5.10 Å². The number of carbonyl (C=O) groups excluding carboxylic acids is 2. The molecule has 1 aliphatic rings. The van der Waals surface area contributed by atoms with Crippen LogP contribution < -0.4 is 5.32 Å². The fraction of sp³-hybridized carbons (Fsp3) is 0.591. The Morgan fingerprint density at radius 1 is 1.19 bits per heavy atom. The third-order valence-electron chi connectivity index (χ3n) is 5.84. The Bertz CT molecular complexity index is 861. The van der Waals surface area contributed by atoms with Gasteiger partial charge in [0.2, 0.25) is 11.8 Å². The molecule has 9 heteroatoms. The lowest BCUT2D eigenvalue weighted by Crippen LogP contribution is -2.46. The van der Waals surface area contributed by atoms with Gasteiger partial charge in [0.15, 0.2) is 0 Å². The molecular formula is C22H31FN6O2. The molecule has 2 amide bonds. The van der Waals surface area contributed by atoms with Gasteiger partial charge in [0.05, 0.1) is 0 Å². The predicted molar refractivity (Wildman–Crippen MR) is 114 cm³/mol. The van der Waals surface area contributed by atoms with Gasteiger partial charge in [-0.3, -0.25) is 9.59 Å². The van der Waals surface area contributed by atoms with E-state index >= 15 is 0 Å². The van der Waals surface area contributed by atoms with Gasteiger partial charge in [0.1, 0.15) is 17.7 Å². The molecule has 8 nitrogen and oxygen atoms in total.